The second kappa shape index (κ2) is 12.1. The topological polar surface area (TPSA) is 25.8 Å². The number of aromatic nitrogens is 2. The molecule has 258 valence electrons. The zero-order valence-electron chi connectivity index (χ0n) is 30.7. The fourth-order valence-corrected chi connectivity index (χ4v) is 9.00. The van der Waals surface area contributed by atoms with E-state index < -0.39 is 0 Å². The molecule has 0 saturated carbocycles. The quantitative estimate of drug-likeness (QED) is 0.171. The largest absolute Gasteiger partial charge is 0.231 e. The van der Waals surface area contributed by atoms with Crippen LogP contribution in [-0.4, -0.2) is 9.97 Å². The average molecular weight is 701 g/mol. The zero-order valence-corrected chi connectivity index (χ0v) is 30.7. The zero-order chi connectivity index (χ0) is 36.7. The van der Waals surface area contributed by atoms with Gasteiger partial charge in [-0.3, -0.25) is 0 Å². The summed E-state index contributed by atoms with van der Waals surface area (Å²) < 4.78 is 0. The molecule has 1 heterocycles. The maximum Gasteiger partial charge on any atom is 0.160 e. The number of hydrogen-bond donors (Lipinski definition) is 0. The molecule has 1 aliphatic rings. The van der Waals surface area contributed by atoms with E-state index in [9.17, 15) is 0 Å². The molecule has 0 saturated heterocycles. The van der Waals surface area contributed by atoms with Crippen molar-refractivity contribution in [2.75, 3.05) is 0 Å². The molecule has 0 amide bonds. The molecule has 11 rings (SSSR count). The minimum absolute atomic E-state index is 0.292. The molecular weight excluding hydrogens is 665 g/mol. The molecular formula is C53H36N2. The standard InChI is InChI=1S/C53H36N2/c1-53(2)48-32-38-17-7-6-16-37(38)31-47(48)49-50(33-14-4-3-5-15-33)54-52(55-51(49)53)40-21-13-20-36(29-40)34-18-12-19-35(28-34)39-26-27-45-43-24-9-8-22-41(43)42-23-10-11-25-44(42)46(45)30-39/h3-32H,1-2H3. The van der Waals surface area contributed by atoms with E-state index in [0.717, 1.165) is 45.0 Å². The van der Waals surface area contributed by atoms with Gasteiger partial charge < -0.3 is 0 Å². The Morgan fingerprint density at radius 3 is 1.51 bits per heavy atom. The number of hydrogen-bond acceptors (Lipinski definition) is 2. The van der Waals surface area contributed by atoms with Gasteiger partial charge >= 0.3 is 0 Å². The van der Waals surface area contributed by atoms with Crippen molar-refractivity contribution in [1.29, 1.82) is 0 Å². The summed E-state index contributed by atoms with van der Waals surface area (Å²) in [6, 6.07) is 66.0. The van der Waals surface area contributed by atoms with Crippen molar-refractivity contribution in [1.82, 2.24) is 9.97 Å². The summed E-state index contributed by atoms with van der Waals surface area (Å²) in [5.74, 6) is 0.745. The number of benzene rings is 9. The first kappa shape index (κ1) is 31.6. The van der Waals surface area contributed by atoms with Gasteiger partial charge in [0.25, 0.3) is 0 Å². The number of fused-ring (bicyclic) bond motifs is 10. The summed E-state index contributed by atoms with van der Waals surface area (Å²) in [7, 11) is 0. The Morgan fingerprint density at radius 2 is 0.855 bits per heavy atom. The summed E-state index contributed by atoms with van der Waals surface area (Å²) >= 11 is 0. The van der Waals surface area contributed by atoms with Crippen molar-refractivity contribution in [2.45, 2.75) is 19.3 Å². The van der Waals surface area contributed by atoms with Crippen LogP contribution in [0.2, 0.25) is 0 Å². The predicted molar refractivity (Wildman–Crippen MR) is 231 cm³/mol. The third-order valence-corrected chi connectivity index (χ3v) is 11.8. The Balaban J connectivity index is 1.03. The molecule has 0 aliphatic heterocycles. The first-order valence-corrected chi connectivity index (χ1v) is 19.1. The fraction of sp³-hybridized carbons (Fsp3) is 0.0566. The molecule has 0 atom stereocenters. The van der Waals surface area contributed by atoms with Gasteiger partial charge in [-0.05, 0) is 107 Å². The van der Waals surface area contributed by atoms with Crippen LogP contribution in [0.25, 0.3) is 99.1 Å². The second-order valence-electron chi connectivity index (χ2n) is 15.4. The van der Waals surface area contributed by atoms with E-state index in [-0.39, 0.29) is 5.41 Å². The van der Waals surface area contributed by atoms with Crippen LogP contribution >= 0.6 is 0 Å². The van der Waals surface area contributed by atoms with Crippen molar-refractivity contribution in [3.05, 3.63) is 193 Å². The smallest absolute Gasteiger partial charge is 0.160 e. The maximum atomic E-state index is 5.43. The number of rotatable bonds is 4. The van der Waals surface area contributed by atoms with Crippen molar-refractivity contribution in [3.63, 3.8) is 0 Å². The Labute approximate surface area is 320 Å². The molecule has 1 aliphatic carbocycles. The summed E-state index contributed by atoms with van der Waals surface area (Å²) in [5.41, 5.74) is 12.2. The van der Waals surface area contributed by atoms with Crippen LogP contribution in [-0.2, 0) is 5.41 Å². The lowest BCUT2D eigenvalue weighted by Crippen LogP contribution is -2.17. The minimum Gasteiger partial charge on any atom is -0.231 e. The molecule has 9 aromatic carbocycles. The molecule has 0 N–H and O–H groups in total. The van der Waals surface area contributed by atoms with Crippen LogP contribution in [0, 0.1) is 0 Å². The van der Waals surface area contributed by atoms with Crippen LogP contribution in [0.1, 0.15) is 25.1 Å². The van der Waals surface area contributed by atoms with E-state index in [1.165, 1.54) is 65.3 Å². The highest BCUT2D eigenvalue weighted by Crippen LogP contribution is 2.52. The highest BCUT2D eigenvalue weighted by atomic mass is 14.9. The molecule has 10 aromatic rings. The van der Waals surface area contributed by atoms with Crippen LogP contribution in [0.4, 0.5) is 0 Å². The second-order valence-corrected chi connectivity index (χ2v) is 15.4. The molecule has 0 radical (unpaired) electrons. The van der Waals surface area contributed by atoms with Gasteiger partial charge in [0, 0.05) is 22.1 Å². The van der Waals surface area contributed by atoms with Gasteiger partial charge in [0.1, 0.15) is 0 Å². The Morgan fingerprint density at radius 1 is 0.364 bits per heavy atom. The Bertz CT molecular complexity index is 3140. The van der Waals surface area contributed by atoms with Gasteiger partial charge in [0.15, 0.2) is 5.82 Å². The molecule has 1 aromatic heterocycles. The lowest BCUT2D eigenvalue weighted by Gasteiger charge is -2.21. The molecule has 0 fully saturated rings. The maximum absolute atomic E-state index is 5.43. The number of nitrogens with zero attached hydrogens (tertiary/aromatic N) is 2. The van der Waals surface area contributed by atoms with Crippen molar-refractivity contribution < 1.29 is 0 Å². The van der Waals surface area contributed by atoms with Gasteiger partial charge in [0.05, 0.1) is 11.4 Å². The van der Waals surface area contributed by atoms with Gasteiger partial charge in [-0.1, -0.05) is 166 Å². The molecule has 0 unspecified atom stereocenters. The van der Waals surface area contributed by atoms with Crippen LogP contribution in [0.3, 0.4) is 0 Å². The van der Waals surface area contributed by atoms with Crippen LogP contribution in [0.5, 0.6) is 0 Å². The van der Waals surface area contributed by atoms with Gasteiger partial charge in [-0.15, -0.1) is 0 Å². The third kappa shape index (κ3) is 4.95. The predicted octanol–water partition coefficient (Wildman–Crippen LogP) is 14.1. The summed E-state index contributed by atoms with van der Waals surface area (Å²) in [5, 5.41) is 10.2. The first-order chi connectivity index (χ1) is 27.0. The third-order valence-electron chi connectivity index (χ3n) is 11.8. The summed E-state index contributed by atoms with van der Waals surface area (Å²) in [4.78, 5) is 10.8. The molecule has 0 bridgehead atoms. The lowest BCUT2D eigenvalue weighted by molar-refractivity contribution is 0.637. The normalized spacial score (nSPS) is 13.1. The van der Waals surface area contributed by atoms with Gasteiger partial charge in [-0.25, -0.2) is 9.97 Å². The highest BCUT2D eigenvalue weighted by molar-refractivity contribution is 6.25. The summed E-state index contributed by atoms with van der Waals surface area (Å²) in [6.07, 6.45) is 0. The van der Waals surface area contributed by atoms with Gasteiger partial charge in [0.2, 0.25) is 0 Å². The Hall–Kier alpha value is -6.90. The molecule has 2 heteroatoms. The minimum atomic E-state index is -0.292. The monoisotopic (exact) mass is 700 g/mol. The lowest BCUT2D eigenvalue weighted by atomic mass is 9.84. The van der Waals surface area contributed by atoms with Crippen molar-refractivity contribution in [2.24, 2.45) is 0 Å². The van der Waals surface area contributed by atoms with E-state index in [1.54, 1.807) is 0 Å². The van der Waals surface area contributed by atoms with Crippen molar-refractivity contribution >= 4 is 43.1 Å². The van der Waals surface area contributed by atoms with E-state index in [1.807, 2.05) is 0 Å². The van der Waals surface area contributed by atoms with E-state index in [2.05, 4.69) is 196 Å². The molecule has 0 spiro atoms. The molecule has 2 nitrogen and oxygen atoms in total. The fourth-order valence-electron chi connectivity index (χ4n) is 9.00. The SMILES string of the molecule is CC1(C)c2cc3ccccc3cc2-c2c(-c3ccccc3)nc(-c3cccc(-c4cccc(-c5ccc6c7ccccc7c7ccccc7c6c5)c4)c3)nc21. The van der Waals surface area contributed by atoms with E-state index in [0.29, 0.717) is 0 Å². The van der Waals surface area contributed by atoms with Crippen LogP contribution < -0.4 is 0 Å². The summed E-state index contributed by atoms with van der Waals surface area (Å²) in [6.45, 7) is 4.61. The average Bonchev–Trinajstić information content (AvgIpc) is 3.47. The van der Waals surface area contributed by atoms with Crippen molar-refractivity contribution in [3.8, 4) is 56.0 Å². The van der Waals surface area contributed by atoms with Gasteiger partial charge in [-0.2, -0.15) is 0 Å². The highest BCUT2D eigenvalue weighted by Gasteiger charge is 2.40. The molecule has 55 heavy (non-hydrogen) atoms. The Kier molecular flexibility index (Phi) is 6.93. The first-order valence-electron chi connectivity index (χ1n) is 19.1. The van der Waals surface area contributed by atoms with Crippen LogP contribution in [0.15, 0.2) is 182 Å². The van der Waals surface area contributed by atoms with E-state index in [4.69, 9.17) is 9.97 Å². The van der Waals surface area contributed by atoms with E-state index >= 15 is 0 Å².